The maximum Gasteiger partial charge on any atom is 0.235 e. The number of fused-ring (bicyclic) bond motifs is 1. The highest BCUT2D eigenvalue weighted by Gasteiger charge is 2.52. The van der Waals surface area contributed by atoms with E-state index in [0.29, 0.717) is 0 Å². The van der Waals surface area contributed by atoms with E-state index in [1.165, 1.54) is 0 Å². The summed E-state index contributed by atoms with van der Waals surface area (Å²) >= 11 is 0. The Labute approximate surface area is 172 Å². The minimum Gasteiger partial charge on any atom is -0.496 e. The van der Waals surface area contributed by atoms with Crippen molar-refractivity contribution in [2.45, 2.75) is 44.9 Å². The molecule has 1 fully saturated rings. The van der Waals surface area contributed by atoms with E-state index in [1.54, 1.807) is 7.11 Å². The van der Waals surface area contributed by atoms with Crippen LogP contribution in [0.2, 0.25) is 0 Å². The van der Waals surface area contributed by atoms with Gasteiger partial charge in [0, 0.05) is 29.4 Å². The van der Waals surface area contributed by atoms with Gasteiger partial charge in [-0.2, -0.15) is 0 Å². The van der Waals surface area contributed by atoms with E-state index < -0.39 is 5.41 Å². The van der Waals surface area contributed by atoms with E-state index in [9.17, 15) is 9.59 Å². The van der Waals surface area contributed by atoms with Crippen LogP contribution in [0.1, 0.15) is 44.2 Å². The van der Waals surface area contributed by atoms with Crippen LogP contribution in [-0.2, 0) is 21.4 Å². The number of carbonyl (C=O) groups excluding carboxylic acids is 2. The van der Waals surface area contributed by atoms with Crippen molar-refractivity contribution in [3.8, 4) is 5.75 Å². The van der Waals surface area contributed by atoms with Gasteiger partial charge in [0.25, 0.3) is 0 Å². The summed E-state index contributed by atoms with van der Waals surface area (Å²) < 4.78 is 5.49. The summed E-state index contributed by atoms with van der Waals surface area (Å²) in [6.45, 7) is 4.57. The fourth-order valence-electron chi connectivity index (χ4n) is 4.23. The molecule has 0 unspecified atom stereocenters. The van der Waals surface area contributed by atoms with Crippen molar-refractivity contribution in [2.75, 3.05) is 23.9 Å². The van der Waals surface area contributed by atoms with Crippen LogP contribution >= 0.6 is 0 Å². The van der Waals surface area contributed by atoms with Crippen LogP contribution in [0.3, 0.4) is 0 Å². The van der Waals surface area contributed by atoms with Crippen LogP contribution in [0, 0.1) is 5.92 Å². The van der Waals surface area contributed by atoms with Crippen LogP contribution in [0.5, 0.6) is 5.75 Å². The molecule has 5 nitrogen and oxygen atoms in total. The third kappa shape index (κ3) is 3.50. The summed E-state index contributed by atoms with van der Waals surface area (Å²) in [5.41, 5.74) is 3.23. The first-order valence-corrected chi connectivity index (χ1v) is 10.4. The molecule has 1 aliphatic heterocycles. The van der Waals surface area contributed by atoms with E-state index in [0.717, 1.165) is 60.5 Å². The predicted octanol–water partition coefficient (Wildman–Crippen LogP) is 4.30. The number of carbonyl (C=O) groups is 2. The molecule has 4 rings (SSSR count). The molecular formula is C24H28N2O3. The highest BCUT2D eigenvalue weighted by molar-refractivity contribution is 6.03. The zero-order valence-corrected chi connectivity index (χ0v) is 17.3. The zero-order chi connectivity index (χ0) is 20.6. The first-order valence-electron chi connectivity index (χ1n) is 10.4. The lowest BCUT2D eigenvalue weighted by Crippen LogP contribution is -2.38. The maximum atomic E-state index is 13.2. The number of nitrogens with one attached hydrogen (secondary N) is 1. The number of anilines is 2. The highest BCUT2D eigenvalue weighted by Crippen LogP contribution is 2.52. The Morgan fingerprint density at radius 3 is 2.59 bits per heavy atom. The lowest BCUT2D eigenvalue weighted by molar-refractivity contribution is -0.121. The van der Waals surface area contributed by atoms with Crippen molar-refractivity contribution >= 4 is 23.2 Å². The third-order valence-corrected chi connectivity index (χ3v) is 6.03. The van der Waals surface area contributed by atoms with Gasteiger partial charge in [0.1, 0.15) is 5.75 Å². The fourth-order valence-corrected chi connectivity index (χ4v) is 4.23. The maximum absolute atomic E-state index is 13.2. The molecule has 5 heteroatoms. The topological polar surface area (TPSA) is 58.6 Å². The molecular weight excluding hydrogens is 364 g/mol. The average Bonchev–Trinajstić information content (AvgIpc) is 3.54. The second kappa shape index (κ2) is 7.54. The quantitative estimate of drug-likeness (QED) is 0.825. The summed E-state index contributed by atoms with van der Waals surface area (Å²) in [6.07, 6.45) is 3.54. The third-order valence-electron chi connectivity index (χ3n) is 6.03. The minimum absolute atomic E-state index is 0.0144. The first kappa shape index (κ1) is 19.5. The van der Waals surface area contributed by atoms with Gasteiger partial charge in [0.05, 0.1) is 12.5 Å². The molecule has 1 N–H and O–H groups in total. The normalized spacial score (nSPS) is 16.9. The van der Waals surface area contributed by atoms with E-state index in [1.807, 2.05) is 61.2 Å². The summed E-state index contributed by atoms with van der Waals surface area (Å²) in [4.78, 5) is 27.7. The van der Waals surface area contributed by atoms with Gasteiger partial charge in [-0.3, -0.25) is 9.59 Å². The smallest absolute Gasteiger partial charge is 0.235 e. The summed E-state index contributed by atoms with van der Waals surface area (Å²) in [7, 11) is 1.64. The van der Waals surface area contributed by atoms with Crippen molar-refractivity contribution < 1.29 is 14.3 Å². The molecule has 0 saturated heterocycles. The second-order valence-electron chi connectivity index (χ2n) is 8.33. The standard InChI is InChI=1S/C24H28N2O3/c1-16(2)22(27)26-14-6-7-17-10-11-18(15-20(17)26)25-23(28)24(12-13-24)19-8-4-5-9-21(19)29-3/h4-5,8-11,15-16H,6-7,12-14H2,1-3H3,(H,25,28). The Morgan fingerprint density at radius 1 is 1.14 bits per heavy atom. The molecule has 2 aromatic carbocycles. The van der Waals surface area contributed by atoms with Crippen LogP contribution in [-0.4, -0.2) is 25.5 Å². The molecule has 2 aromatic rings. The van der Waals surface area contributed by atoms with E-state index in [4.69, 9.17) is 4.74 Å². The molecule has 0 spiro atoms. The van der Waals surface area contributed by atoms with Crippen LogP contribution in [0.4, 0.5) is 11.4 Å². The van der Waals surface area contributed by atoms with Crippen molar-refractivity contribution in [2.24, 2.45) is 5.92 Å². The van der Waals surface area contributed by atoms with E-state index in [2.05, 4.69) is 5.32 Å². The molecule has 0 radical (unpaired) electrons. The lowest BCUT2D eigenvalue weighted by Gasteiger charge is -2.31. The molecule has 2 aliphatic rings. The second-order valence-corrected chi connectivity index (χ2v) is 8.33. The molecule has 0 aromatic heterocycles. The highest BCUT2D eigenvalue weighted by atomic mass is 16.5. The summed E-state index contributed by atoms with van der Waals surface area (Å²) in [6, 6.07) is 13.7. The minimum atomic E-state index is -0.532. The molecule has 2 amide bonds. The van der Waals surface area contributed by atoms with E-state index >= 15 is 0 Å². The Kier molecular flexibility index (Phi) is 5.07. The monoisotopic (exact) mass is 392 g/mol. The number of amides is 2. The van der Waals surface area contributed by atoms with Gasteiger partial charge in [-0.15, -0.1) is 0 Å². The molecule has 1 saturated carbocycles. The van der Waals surface area contributed by atoms with Gasteiger partial charge in [-0.05, 0) is 49.4 Å². The Balaban J connectivity index is 1.60. The molecule has 152 valence electrons. The number of nitrogens with zero attached hydrogens (tertiary/aromatic N) is 1. The molecule has 1 heterocycles. The van der Waals surface area contributed by atoms with Gasteiger partial charge in [0.15, 0.2) is 0 Å². The number of hydrogen-bond donors (Lipinski definition) is 1. The van der Waals surface area contributed by atoms with Gasteiger partial charge >= 0.3 is 0 Å². The Hall–Kier alpha value is -2.82. The van der Waals surface area contributed by atoms with Gasteiger partial charge in [0.2, 0.25) is 11.8 Å². The van der Waals surface area contributed by atoms with Gasteiger partial charge < -0.3 is 15.0 Å². The number of para-hydroxylation sites is 1. The number of rotatable bonds is 5. The van der Waals surface area contributed by atoms with Crippen molar-refractivity contribution in [1.29, 1.82) is 0 Å². The van der Waals surface area contributed by atoms with Crippen molar-refractivity contribution in [3.05, 3.63) is 53.6 Å². The number of ether oxygens (including phenoxy) is 1. The fraction of sp³-hybridized carbons (Fsp3) is 0.417. The number of methoxy groups -OCH3 is 1. The first-order chi connectivity index (χ1) is 14.0. The van der Waals surface area contributed by atoms with Crippen LogP contribution in [0.15, 0.2) is 42.5 Å². The van der Waals surface area contributed by atoms with E-state index in [-0.39, 0.29) is 17.7 Å². The number of hydrogen-bond acceptors (Lipinski definition) is 3. The number of benzene rings is 2. The molecule has 29 heavy (non-hydrogen) atoms. The Bertz CT molecular complexity index is 947. The zero-order valence-electron chi connectivity index (χ0n) is 17.3. The largest absolute Gasteiger partial charge is 0.496 e. The van der Waals surface area contributed by atoms with Gasteiger partial charge in [-0.25, -0.2) is 0 Å². The van der Waals surface area contributed by atoms with Crippen molar-refractivity contribution in [1.82, 2.24) is 0 Å². The lowest BCUT2D eigenvalue weighted by atomic mass is 9.93. The van der Waals surface area contributed by atoms with Crippen LogP contribution < -0.4 is 15.0 Å². The van der Waals surface area contributed by atoms with Gasteiger partial charge in [-0.1, -0.05) is 38.1 Å². The Morgan fingerprint density at radius 2 is 1.90 bits per heavy atom. The molecule has 1 aliphatic carbocycles. The average molecular weight is 392 g/mol. The molecule has 0 atom stereocenters. The van der Waals surface area contributed by atoms with Crippen molar-refractivity contribution in [3.63, 3.8) is 0 Å². The number of aryl methyl sites for hydroxylation is 1. The van der Waals surface area contributed by atoms with Crippen LogP contribution in [0.25, 0.3) is 0 Å². The summed E-state index contributed by atoms with van der Waals surface area (Å²) in [5.74, 6) is 0.806. The SMILES string of the molecule is COc1ccccc1C1(C(=O)Nc2ccc3c(c2)N(C(=O)C(C)C)CCC3)CC1. The molecule has 0 bridgehead atoms. The predicted molar refractivity (Wildman–Crippen MR) is 114 cm³/mol. The summed E-state index contributed by atoms with van der Waals surface area (Å²) in [5, 5.41) is 3.10.